The fourth-order valence-electron chi connectivity index (χ4n) is 7.56. The highest BCUT2D eigenvalue weighted by Gasteiger charge is 2.21. The Morgan fingerprint density at radius 2 is 1.29 bits per heavy atom. The van der Waals surface area contributed by atoms with E-state index >= 15 is 0 Å². The van der Waals surface area contributed by atoms with E-state index in [1.807, 2.05) is 31.3 Å². The standard InChI is InChI=1S/C53H56N6/c1-12-37-33-59(48-26-16-14-21-42(37)48)51-29-19-25-46(57-51)40-31-38(44-23-17-27-49(54-44)55-47-22-15-13-20-41(47)36(4)52(5,6)7)30-39(32-40)45-24-18-28-50(56-45)58(11)34-43(35(2)3)53(8,9)10/h13-34H,2,4,12H2,1,3,5-11H3,(H,54,55)/b43-34+. The molecule has 4 heterocycles. The smallest absolute Gasteiger partial charge is 0.137 e. The number of para-hydroxylation sites is 2. The van der Waals surface area contributed by atoms with Crippen LogP contribution in [0.3, 0.4) is 0 Å². The fraction of sp³-hybridized carbons (Fsp3) is 0.226. The van der Waals surface area contributed by atoms with Gasteiger partial charge in [0.2, 0.25) is 0 Å². The van der Waals surface area contributed by atoms with Crippen molar-refractivity contribution in [2.24, 2.45) is 10.8 Å². The minimum Gasteiger partial charge on any atom is -0.340 e. The molecule has 0 radical (unpaired) electrons. The number of rotatable bonds is 11. The third-order valence-electron chi connectivity index (χ3n) is 10.8. The minimum absolute atomic E-state index is 0.0629. The molecular formula is C53H56N6. The Balaban J connectivity index is 1.35. The molecule has 0 fully saturated rings. The highest BCUT2D eigenvalue weighted by atomic mass is 15.1. The van der Waals surface area contributed by atoms with Gasteiger partial charge < -0.3 is 14.8 Å². The van der Waals surface area contributed by atoms with Crippen molar-refractivity contribution in [1.29, 1.82) is 0 Å². The molecule has 0 saturated heterocycles. The monoisotopic (exact) mass is 776 g/mol. The third kappa shape index (κ3) is 8.83. The molecule has 7 aromatic rings. The first kappa shape index (κ1) is 40.7. The molecule has 0 atom stereocenters. The lowest BCUT2D eigenvalue weighted by Crippen LogP contribution is -2.17. The molecule has 7 rings (SSSR count). The zero-order chi connectivity index (χ0) is 42.1. The Hall–Kier alpha value is -6.53. The summed E-state index contributed by atoms with van der Waals surface area (Å²) in [4.78, 5) is 17.8. The maximum Gasteiger partial charge on any atom is 0.137 e. The van der Waals surface area contributed by atoms with Crippen LogP contribution in [-0.4, -0.2) is 26.6 Å². The first-order valence-electron chi connectivity index (χ1n) is 20.4. The molecule has 6 heteroatoms. The van der Waals surface area contributed by atoms with E-state index in [4.69, 9.17) is 15.0 Å². The highest BCUT2D eigenvalue weighted by Crippen LogP contribution is 2.38. The largest absolute Gasteiger partial charge is 0.340 e. The van der Waals surface area contributed by atoms with Gasteiger partial charge in [-0.1, -0.05) is 122 Å². The average molecular weight is 777 g/mol. The van der Waals surface area contributed by atoms with E-state index in [9.17, 15) is 0 Å². The molecule has 6 nitrogen and oxygen atoms in total. The molecule has 3 aromatic carbocycles. The lowest BCUT2D eigenvalue weighted by Gasteiger charge is -2.26. The van der Waals surface area contributed by atoms with E-state index in [1.165, 1.54) is 16.5 Å². The number of anilines is 3. The van der Waals surface area contributed by atoms with Gasteiger partial charge in [0, 0.05) is 52.8 Å². The van der Waals surface area contributed by atoms with Gasteiger partial charge in [-0.25, -0.2) is 15.0 Å². The molecule has 0 amide bonds. The summed E-state index contributed by atoms with van der Waals surface area (Å²) >= 11 is 0. The third-order valence-corrected chi connectivity index (χ3v) is 10.8. The molecule has 0 saturated carbocycles. The summed E-state index contributed by atoms with van der Waals surface area (Å²) in [6, 6.07) is 41.9. The highest BCUT2D eigenvalue weighted by molar-refractivity contribution is 5.86. The van der Waals surface area contributed by atoms with Crippen molar-refractivity contribution >= 4 is 33.8 Å². The van der Waals surface area contributed by atoms with Crippen LogP contribution in [0.1, 0.15) is 66.5 Å². The van der Waals surface area contributed by atoms with Gasteiger partial charge >= 0.3 is 0 Å². The van der Waals surface area contributed by atoms with Crippen LogP contribution < -0.4 is 10.2 Å². The molecule has 1 N–H and O–H groups in total. The molecule has 0 bridgehead atoms. The summed E-state index contributed by atoms with van der Waals surface area (Å²) in [7, 11) is 2.05. The van der Waals surface area contributed by atoms with Gasteiger partial charge in [0.15, 0.2) is 0 Å². The first-order chi connectivity index (χ1) is 28.1. The first-order valence-corrected chi connectivity index (χ1v) is 20.4. The van der Waals surface area contributed by atoms with Gasteiger partial charge in [0.05, 0.1) is 22.6 Å². The zero-order valence-electron chi connectivity index (χ0n) is 36.1. The van der Waals surface area contributed by atoms with Gasteiger partial charge in [-0.15, -0.1) is 0 Å². The second-order valence-corrected chi connectivity index (χ2v) is 17.4. The number of pyridine rings is 3. The fourth-order valence-corrected chi connectivity index (χ4v) is 7.56. The summed E-state index contributed by atoms with van der Waals surface area (Å²) < 4.78 is 2.20. The normalized spacial score (nSPS) is 12.1. The molecular weight excluding hydrogens is 721 g/mol. The Kier molecular flexibility index (Phi) is 11.3. The van der Waals surface area contributed by atoms with E-state index in [0.29, 0.717) is 0 Å². The van der Waals surface area contributed by atoms with Crippen molar-refractivity contribution in [2.75, 3.05) is 17.3 Å². The average Bonchev–Trinajstić information content (AvgIpc) is 3.61. The summed E-state index contributed by atoms with van der Waals surface area (Å²) in [6.07, 6.45) is 5.31. The lowest BCUT2D eigenvalue weighted by molar-refractivity contribution is 0.509. The van der Waals surface area contributed by atoms with E-state index in [-0.39, 0.29) is 10.8 Å². The molecule has 0 spiro atoms. The molecule has 4 aromatic heterocycles. The van der Waals surface area contributed by atoms with Crippen molar-refractivity contribution in [3.63, 3.8) is 0 Å². The van der Waals surface area contributed by atoms with Crippen molar-refractivity contribution in [1.82, 2.24) is 19.5 Å². The lowest BCUT2D eigenvalue weighted by atomic mass is 9.82. The molecule has 0 aliphatic rings. The van der Waals surface area contributed by atoms with Crippen LogP contribution in [0.25, 0.3) is 56.1 Å². The quantitative estimate of drug-likeness (QED) is 0.133. The number of nitrogens with one attached hydrogen (secondary N) is 1. The van der Waals surface area contributed by atoms with Crippen molar-refractivity contribution < 1.29 is 0 Å². The Morgan fingerprint density at radius 1 is 0.695 bits per heavy atom. The number of nitrogens with zero attached hydrogens (tertiary/aromatic N) is 5. The number of aromatic nitrogens is 4. The minimum atomic E-state index is -0.0854. The van der Waals surface area contributed by atoms with Crippen molar-refractivity contribution in [3.05, 3.63) is 169 Å². The summed E-state index contributed by atoms with van der Waals surface area (Å²) in [6.45, 7) is 26.2. The predicted molar refractivity (Wildman–Crippen MR) is 251 cm³/mol. The van der Waals surface area contributed by atoms with Crippen molar-refractivity contribution in [2.45, 2.75) is 61.8 Å². The van der Waals surface area contributed by atoms with Crippen LogP contribution in [0, 0.1) is 10.8 Å². The van der Waals surface area contributed by atoms with Gasteiger partial charge in [-0.3, -0.25) is 0 Å². The second kappa shape index (κ2) is 16.4. The second-order valence-electron chi connectivity index (χ2n) is 17.4. The number of hydrogen-bond donors (Lipinski definition) is 1. The maximum absolute atomic E-state index is 5.30. The van der Waals surface area contributed by atoms with Crippen LogP contribution in [0.5, 0.6) is 0 Å². The van der Waals surface area contributed by atoms with Gasteiger partial charge in [0.1, 0.15) is 17.5 Å². The molecule has 0 unspecified atom stereocenters. The van der Waals surface area contributed by atoms with Crippen LogP contribution in [-0.2, 0) is 6.42 Å². The van der Waals surface area contributed by atoms with Gasteiger partial charge in [-0.05, 0) is 108 Å². The molecule has 0 aliphatic heterocycles. The van der Waals surface area contributed by atoms with E-state index in [2.05, 4.69) is 193 Å². The van der Waals surface area contributed by atoms with E-state index in [0.717, 1.165) is 85.6 Å². The number of allylic oxidation sites excluding steroid dienone is 3. The van der Waals surface area contributed by atoms with Gasteiger partial charge in [0.25, 0.3) is 0 Å². The SMILES string of the molecule is C=C(C)/C(=C\N(C)c1cccc(-c2cc(-c3cccc(Nc4ccccc4C(=C)C(C)(C)C)n3)cc(-c3cccc(-n4cc(CC)c5ccccc54)n3)c2)n1)C(C)(C)C. The number of fused-ring (bicyclic) bond motifs is 1. The molecule has 0 aliphatic carbocycles. The summed E-state index contributed by atoms with van der Waals surface area (Å²) in [5, 5.41) is 4.86. The molecule has 59 heavy (non-hydrogen) atoms. The van der Waals surface area contributed by atoms with Crippen molar-refractivity contribution in [3.8, 4) is 39.6 Å². The Labute approximate surface area is 350 Å². The topological polar surface area (TPSA) is 58.9 Å². The zero-order valence-corrected chi connectivity index (χ0v) is 36.1. The van der Waals surface area contributed by atoms with E-state index in [1.54, 1.807) is 0 Å². The van der Waals surface area contributed by atoms with E-state index < -0.39 is 0 Å². The summed E-state index contributed by atoms with van der Waals surface area (Å²) in [5.41, 5.74) is 13.0. The van der Waals surface area contributed by atoms with Crippen LogP contribution in [0.2, 0.25) is 0 Å². The Morgan fingerprint density at radius 3 is 1.93 bits per heavy atom. The Bertz CT molecular complexity index is 2720. The predicted octanol–water partition coefficient (Wildman–Crippen LogP) is 14.1. The number of hydrogen-bond acceptors (Lipinski definition) is 5. The number of benzene rings is 3. The van der Waals surface area contributed by atoms with Crippen LogP contribution in [0.4, 0.5) is 17.3 Å². The van der Waals surface area contributed by atoms with Gasteiger partial charge in [-0.2, -0.15) is 0 Å². The van der Waals surface area contributed by atoms with Crippen LogP contribution in [0.15, 0.2) is 158 Å². The van der Waals surface area contributed by atoms with Crippen LogP contribution >= 0.6 is 0 Å². The maximum atomic E-state index is 5.30. The molecule has 298 valence electrons. The number of aryl methyl sites for hydroxylation is 1. The summed E-state index contributed by atoms with van der Waals surface area (Å²) in [5.74, 6) is 2.45.